The molecule has 2 aliphatic rings. The lowest BCUT2D eigenvalue weighted by molar-refractivity contribution is -0.129. The van der Waals surface area contributed by atoms with Crippen LogP contribution in [0.25, 0.3) is 0 Å². The topological polar surface area (TPSA) is 57.7 Å². The lowest BCUT2D eigenvalue weighted by atomic mass is 10.2. The standard InChI is InChI=1S/C9H12N2O3S/c1-6(12)10-3-2-7(4-10)11-8(13)5-15-9(11)14/h7H,2-5H2,1H3. The van der Waals surface area contributed by atoms with E-state index in [4.69, 9.17) is 0 Å². The zero-order chi connectivity index (χ0) is 11.0. The summed E-state index contributed by atoms with van der Waals surface area (Å²) in [5.41, 5.74) is 0. The first kappa shape index (κ1) is 10.5. The Morgan fingerprint density at radius 2 is 2.20 bits per heavy atom. The van der Waals surface area contributed by atoms with Gasteiger partial charge in [0.1, 0.15) is 0 Å². The van der Waals surface area contributed by atoms with Gasteiger partial charge in [-0.1, -0.05) is 11.8 Å². The Kier molecular flexibility index (Phi) is 2.68. The first-order valence-corrected chi connectivity index (χ1v) is 5.82. The molecule has 15 heavy (non-hydrogen) atoms. The van der Waals surface area contributed by atoms with Gasteiger partial charge in [-0.3, -0.25) is 19.3 Å². The van der Waals surface area contributed by atoms with E-state index in [-0.39, 0.29) is 28.8 Å². The molecule has 0 saturated carbocycles. The van der Waals surface area contributed by atoms with Gasteiger partial charge in [0.15, 0.2) is 0 Å². The van der Waals surface area contributed by atoms with E-state index in [2.05, 4.69) is 0 Å². The Balaban J connectivity index is 2.04. The van der Waals surface area contributed by atoms with Crippen LogP contribution < -0.4 is 0 Å². The lowest BCUT2D eigenvalue weighted by Gasteiger charge is -2.21. The van der Waals surface area contributed by atoms with Gasteiger partial charge in [0.05, 0.1) is 11.8 Å². The minimum atomic E-state index is -0.171. The summed E-state index contributed by atoms with van der Waals surface area (Å²) in [4.78, 5) is 36.9. The molecule has 0 N–H and O–H groups in total. The van der Waals surface area contributed by atoms with Crippen molar-refractivity contribution in [3.05, 3.63) is 0 Å². The number of carbonyl (C=O) groups is 3. The third kappa shape index (κ3) is 1.86. The van der Waals surface area contributed by atoms with E-state index in [1.54, 1.807) is 4.90 Å². The molecule has 82 valence electrons. The molecule has 2 rings (SSSR count). The van der Waals surface area contributed by atoms with Gasteiger partial charge in [-0.25, -0.2) is 0 Å². The molecule has 0 aromatic heterocycles. The van der Waals surface area contributed by atoms with Gasteiger partial charge in [0, 0.05) is 20.0 Å². The number of hydrogen-bond acceptors (Lipinski definition) is 4. The maximum atomic E-state index is 11.4. The molecule has 0 radical (unpaired) electrons. The number of rotatable bonds is 1. The van der Waals surface area contributed by atoms with E-state index < -0.39 is 0 Å². The molecular weight excluding hydrogens is 216 g/mol. The van der Waals surface area contributed by atoms with Crippen LogP contribution in [-0.2, 0) is 9.59 Å². The molecule has 6 heteroatoms. The minimum absolute atomic E-state index is 0.00393. The normalized spacial score (nSPS) is 26.6. The number of likely N-dealkylation sites (tertiary alicyclic amines) is 1. The zero-order valence-corrected chi connectivity index (χ0v) is 9.25. The predicted molar refractivity (Wildman–Crippen MR) is 55.4 cm³/mol. The third-order valence-electron chi connectivity index (χ3n) is 2.76. The monoisotopic (exact) mass is 228 g/mol. The SMILES string of the molecule is CC(=O)N1CCC(N2C(=O)CSC2=O)C1. The van der Waals surface area contributed by atoms with Crippen LogP contribution in [-0.4, -0.2) is 51.7 Å². The maximum absolute atomic E-state index is 11.4. The smallest absolute Gasteiger partial charge is 0.289 e. The van der Waals surface area contributed by atoms with Gasteiger partial charge in [-0.05, 0) is 6.42 Å². The summed E-state index contributed by atoms with van der Waals surface area (Å²) in [6.07, 6.45) is 0.706. The van der Waals surface area contributed by atoms with Crippen molar-refractivity contribution >= 4 is 28.8 Å². The average molecular weight is 228 g/mol. The second kappa shape index (κ2) is 3.84. The summed E-state index contributed by atoms with van der Waals surface area (Å²) in [7, 11) is 0. The second-order valence-corrected chi connectivity index (χ2v) is 4.65. The fraction of sp³-hybridized carbons (Fsp3) is 0.667. The molecule has 2 aliphatic heterocycles. The van der Waals surface area contributed by atoms with Crippen LogP contribution in [0.4, 0.5) is 4.79 Å². The Bertz CT molecular complexity index is 315. The minimum Gasteiger partial charge on any atom is -0.341 e. The predicted octanol–water partition coefficient (Wildman–Crippen LogP) is 0.303. The first-order chi connectivity index (χ1) is 7.09. The quantitative estimate of drug-likeness (QED) is 0.648. The van der Waals surface area contributed by atoms with E-state index in [9.17, 15) is 14.4 Å². The number of thioether (sulfide) groups is 1. The molecule has 1 unspecified atom stereocenters. The molecule has 0 aromatic rings. The van der Waals surface area contributed by atoms with Crippen LogP contribution in [0, 0.1) is 0 Å². The number of carbonyl (C=O) groups excluding carboxylic acids is 3. The van der Waals surface area contributed by atoms with Crippen molar-refractivity contribution in [3.8, 4) is 0 Å². The maximum Gasteiger partial charge on any atom is 0.289 e. The second-order valence-electron chi connectivity index (χ2n) is 3.73. The summed E-state index contributed by atoms with van der Waals surface area (Å²) < 4.78 is 0. The van der Waals surface area contributed by atoms with Crippen molar-refractivity contribution in [1.82, 2.24) is 9.80 Å². The molecule has 0 aromatic carbocycles. The third-order valence-corrected chi connectivity index (χ3v) is 3.59. The van der Waals surface area contributed by atoms with Gasteiger partial charge in [-0.15, -0.1) is 0 Å². The van der Waals surface area contributed by atoms with Crippen LogP contribution in [0.1, 0.15) is 13.3 Å². The fourth-order valence-corrected chi connectivity index (χ4v) is 2.73. The highest BCUT2D eigenvalue weighted by Crippen LogP contribution is 2.26. The highest BCUT2D eigenvalue weighted by molar-refractivity contribution is 8.14. The van der Waals surface area contributed by atoms with E-state index in [1.165, 1.54) is 11.8 Å². The highest BCUT2D eigenvalue weighted by atomic mass is 32.2. The lowest BCUT2D eigenvalue weighted by Crippen LogP contribution is -2.41. The van der Waals surface area contributed by atoms with Crippen molar-refractivity contribution in [2.75, 3.05) is 18.8 Å². The molecule has 2 heterocycles. The zero-order valence-electron chi connectivity index (χ0n) is 8.43. The van der Waals surface area contributed by atoms with Crippen molar-refractivity contribution in [2.45, 2.75) is 19.4 Å². The number of hydrogen-bond donors (Lipinski definition) is 0. The Hall–Kier alpha value is -1.04. The number of amides is 3. The Labute approximate surface area is 91.8 Å². The van der Waals surface area contributed by atoms with E-state index in [1.807, 2.05) is 0 Å². The summed E-state index contributed by atoms with van der Waals surface area (Å²) in [6.45, 7) is 2.64. The van der Waals surface area contributed by atoms with Crippen LogP contribution in [0.3, 0.4) is 0 Å². The van der Waals surface area contributed by atoms with Crippen LogP contribution in [0.5, 0.6) is 0 Å². The molecular formula is C9H12N2O3S. The molecule has 2 fully saturated rings. The number of imide groups is 1. The van der Waals surface area contributed by atoms with Gasteiger partial charge in [-0.2, -0.15) is 0 Å². The van der Waals surface area contributed by atoms with Crippen molar-refractivity contribution < 1.29 is 14.4 Å². The summed E-state index contributed by atoms with van der Waals surface area (Å²) >= 11 is 1.04. The van der Waals surface area contributed by atoms with Crippen molar-refractivity contribution in [2.24, 2.45) is 0 Å². The summed E-state index contributed by atoms with van der Waals surface area (Å²) in [5, 5.41) is -0.171. The largest absolute Gasteiger partial charge is 0.341 e. The van der Waals surface area contributed by atoms with Crippen LogP contribution in [0.15, 0.2) is 0 Å². The Morgan fingerprint density at radius 3 is 2.67 bits per heavy atom. The number of nitrogens with zero attached hydrogens (tertiary/aromatic N) is 2. The van der Waals surface area contributed by atoms with Crippen LogP contribution in [0.2, 0.25) is 0 Å². The van der Waals surface area contributed by atoms with Crippen molar-refractivity contribution in [1.29, 1.82) is 0 Å². The van der Waals surface area contributed by atoms with Gasteiger partial charge in [0.2, 0.25) is 11.8 Å². The first-order valence-electron chi connectivity index (χ1n) is 4.84. The Morgan fingerprint density at radius 1 is 1.47 bits per heavy atom. The highest BCUT2D eigenvalue weighted by Gasteiger charge is 2.39. The summed E-state index contributed by atoms with van der Waals surface area (Å²) in [6, 6.07) is -0.108. The van der Waals surface area contributed by atoms with E-state index in [0.717, 1.165) is 11.8 Å². The van der Waals surface area contributed by atoms with E-state index in [0.29, 0.717) is 19.5 Å². The van der Waals surface area contributed by atoms with Gasteiger partial charge in [0.25, 0.3) is 5.24 Å². The molecule has 0 spiro atoms. The summed E-state index contributed by atoms with van der Waals surface area (Å²) in [5.74, 6) is 0.125. The van der Waals surface area contributed by atoms with Gasteiger partial charge < -0.3 is 4.90 Å². The van der Waals surface area contributed by atoms with E-state index >= 15 is 0 Å². The van der Waals surface area contributed by atoms with Crippen LogP contribution >= 0.6 is 11.8 Å². The molecule has 1 atom stereocenters. The molecule has 0 aliphatic carbocycles. The molecule has 3 amide bonds. The molecule has 2 saturated heterocycles. The fourth-order valence-electron chi connectivity index (χ4n) is 1.96. The molecule has 0 bridgehead atoms. The molecule has 5 nitrogen and oxygen atoms in total. The van der Waals surface area contributed by atoms with Crippen molar-refractivity contribution in [3.63, 3.8) is 0 Å². The van der Waals surface area contributed by atoms with Gasteiger partial charge >= 0.3 is 0 Å². The average Bonchev–Trinajstić information content (AvgIpc) is 2.73.